The molecule has 3 heteroatoms. The number of amides is 1. The Hall–Kier alpha value is -0.570. The van der Waals surface area contributed by atoms with Crippen LogP contribution in [-0.2, 0) is 4.79 Å². The van der Waals surface area contributed by atoms with Crippen LogP contribution in [0.15, 0.2) is 0 Å². The van der Waals surface area contributed by atoms with E-state index in [1.54, 1.807) is 0 Å². The third-order valence-electron chi connectivity index (χ3n) is 4.26. The summed E-state index contributed by atoms with van der Waals surface area (Å²) in [7, 11) is 2.17. The molecule has 2 saturated heterocycles. The third-order valence-corrected chi connectivity index (χ3v) is 4.26. The van der Waals surface area contributed by atoms with E-state index in [2.05, 4.69) is 30.7 Å². The minimum absolute atomic E-state index is 0.397. The highest BCUT2D eigenvalue weighted by molar-refractivity contribution is 5.79. The summed E-state index contributed by atoms with van der Waals surface area (Å²) in [5, 5.41) is 0. The van der Waals surface area contributed by atoms with E-state index in [9.17, 15) is 4.79 Å². The number of rotatable bonds is 2. The van der Waals surface area contributed by atoms with Crippen LogP contribution in [0.25, 0.3) is 0 Å². The van der Waals surface area contributed by atoms with E-state index in [-0.39, 0.29) is 0 Å². The molecule has 0 radical (unpaired) electrons. The Labute approximate surface area is 98.8 Å². The molecule has 3 nitrogen and oxygen atoms in total. The summed E-state index contributed by atoms with van der Waals surface area (Å²) >= 11 is 0. The summed E-state index contributed by atoms with van der Waals surface area (Å²) in [5.41, 5.74) is 0. The molecule has 16 heavy (non-hydrogen) atoms. The number of carbonyl (C=O) groups is 1. The topological polar surface area (TPSA) is 23.6 Å². The molecule has 0 saturated carbocycles. The van der Waals surface area contributed by atoms with Crippen LogP contribution in [0.5, 0.6) is 0 Å². The normalized spacial score (nSPS) is 29.4. The van der Waals surface area contributed by atoms with Crippen molar-refractivity contribution in [2.24, 2.45) is 11.8 Å². The maximum atomic E-state index is 12.0. The molecule has 2 fully saturated rings. The molecule has 2 aliphatic heterocycles. The molecule has 1 unspecified atom stereocenters. The fourth-order valence-electron chi connectivity index (χ4n) is 2.87. The van der Waals surface area contributed by atoms with Gasteiger partial charge in [-0.15, -0.1) is 0 Å². The van der Waals surface area contributed by atoms with Gasteiger partial charge in [0, 0.05) is 19.0 Å². The Morgan fingerprint density at radius 3 is 2.38 bits per heavy atom. The van der Waals surface area contributed by atoms with Gasteiger partial charge in [-0.1, -0.05) is 13.8 Å². The predicted molar refractivity (Wildman–Crippen MR) is 65.2 cm³/mol. The molecule has 2 aliphatic rings. The summed E-state index contributed by atoms with van der Waals surface area (Å²) in [5.74, 6) is 1.63. The SMILES string of the molecule is CC(C)C1CC(=O)N(C2CCN(C)CC2)C1. The van der Waals surface area contributed by atoms with Crippen LogP contribution in [0.2, 0.25) is 0 Å². The van der Waals surface area contributed by atoms with E-state index in [1.165, 1.54) is 0 Å². The highest BCUT2D eigenvalue weighted by Crippen LogP contribution is 2.29. The fourth-order valence-corrected chi connectivity index (χ4v) is 2.87. The minimum Gasteiger partial charge on any atom is -0.339 e. The van der Waals surface area contributed by atoms with Crippen LogP contribution in [0.1, 0.15) is 33.1 Å². The van der Waals surface area contributed by atoms with Gasteiger partial charge >= 0.3 is 0 Å². The largest absolute Gasteiger partial charge is 0.339 e. The Balaban J connectivity index is 1.92. The Kier molecular flexibility index (Phi) is 3.53. The molecule has 0 aliphatic carbocycles. The van der Waals surface area contributed by atoms with E-state index >= 15 is 0 Å². The first kappa shape index (κ1) is 11.9. The van der Waals surface area contributed by atoms with Gasteiger partial charge in [0.25, 0.3) is 0 Å². The van der Waals surface area contributed by atoms with E-state index in [4.69, 9.17) is 0 Å². The molecule has 0 spiro atoms. The molecule has 0 bridgehead atoms. The molecule has 1 amide bonds. The summed E-state index contributed by atoms with van der Waals surface area (Å²) < 4.78 is 0. The summed E-state index contributed by atoms with van der Waals surface area (Å²) in [4.78, 5) is 16.5. The molecule has 2 heterocycles. The number of carbonyl (C=O) groups excluding carboxylic acids is 1. The summed E-state index contributed by atoms with van der Waals surface area (Å²) in [6.45, 7) is 7.75. The van der Waals surface area contributed by atoms with Crippen molar-refractivity contribution in [3.05, 3.63) is 0 Å². The molecule has 92 valence electrons. The first-order chi connectivity index (χ1) is 7.58. The second-order valence-corrected chi connectivity index (χ2v) is 5.79. The van der Waals surface area contributed by atoms with Crippen LogP contribution in [-0.4, -0.2) is 48.4 Å². The van der Waals surface area contributed by atoms with Crippen LogP contribution in [0.4, 0.5) is 0 Å². The lowest BCUT2D eigenvalue weighted by atomic mass is 9.95. The maximum absolute atomic E-state index is 12.0. The Morgan fingerprint density at radius 1 is 1.25 bits per heavy atom. The van der Waals surface area contributed by atoms with Crippen molar-refractivity contribution < 1.29 is 4.79 Å². The lowest BCUT2D eigenvalue weighted by Crippen LogP contribution is -2.44. The molecule has 0 N–H and O–H groups in total. The average Bonchev–Trinajstić information content (AvgIpc) is 2.62. The zero-order chi connectivity index (χ0) is 11.7. The number of nitrogens with zero attached hydrogens (tertiary/aromatic N) is 2. The predicted octanol–water partition coefficient (Wildman–Crippen LogP) is 1.59. The second kappa shape index (κ2) is 4.74. The smallest absolute Gasteiger partial charge is 0.223 e. The highest BCUT2D eigenvalue weighted by Gasteiger charge is 2.36. The third kappa shape index (κ3) is 2.40. The first-order valence-corrected chi connectivity index (χ1v) is 6.56. The van der Waals surface area contributed by atoms with Gasteiger partial charge in [-0.2, -0.15) is 0 Å². The van der Waals surface area contributed by atoms with E-state index < -0.39 is 0 Å². The molecule has 0 aromatic rings. The lowest BCUT2D eigenvalue weighted by molar-refractivity contribution is -0.130. The van der Waals surface area contributed by atoms with E-state index in [0.717, 1.165) is 38.9 Å². The molecular formula is C13H24N2O. The Bertz CT molecular complexity index is 257. The van der Waals surface area contributed by atoms with Gasteiger partial charge in [0.1, 0.15) is 0 Å². The van der Waals surface area contributed by atoms with Crippen LogP contribution >= 0.6 is 0 Å². The zero-order valence-corrected chi connectivity index (χ0v) is 10.8. The van der Waals surface area contributed by atoms with E-state index in [1.807, 2.05) is 0 Å². The minimum atomic E-state index is 0.397. The zero-order valence-electron chi connectivity index (χ0n) is 10.8. The number of likely N-dealkylation sites (tertiary alicyclic amines) is 2. The molecular weight excluding hydrogens is 200 g/mol. The van der Waals surface area contributed by atoms with Crippen LogP contribution < -0.4 is 0 Å². The molecule has 2 rings (SSSR count). The lowest BCUT2D eigenvalue weighted by Gasteiger charge is -2.35. The molecule has 0 aromatic carbocycles. The fraction of sp³-hybridized carbons (Fsp3) is 0.923. The maximum Gasteiger partial charge on any atom is 0.223 e. The van der Waals surface area contributed by atoms with Crippen molar-refractivity contribution in [3.63, 3.8) is 0 Å². The van der Waals surface area contributed by atoms with E-state index in [0.29, 0.717) is 23.8 Å². The monoisotopic (exact) mass is 224 g/mol. The van der Waals surface area contributed by atoms with Gasteiger partial charge in [-0.25, -0.2) is 0 Å². The van der Waals surface area contributed by atoms with Gasteiger partial charge in [-0.05, 0) is 44.8 Å². The van der Waals surface area contributed by atoms with Gasteiger partial charge in [-0.3, -0.25) is 4.79 Å². The van der Waals surface area contributed by atoms with Crippen molar-refractivity contribution >= 4 is 5.91 Å². The molecule has 1 atom stereocenters. The van der Waals surface area contributed by atoms with Crippen molar-refractivity contribution in [1.29, 1.82) is 0 Å². The van der Waals surface area contributed by atoms with Gasteiger partial charge in [0.15, 0.2) is 0 Å². The summed E-state index contributed by atoms with van der Waals surface area (Å²) in [6, 6.07) is 0.521. The van der Waals surface area contributed by atoms with Crippen LogP contribution in [0.3, 0.4) is 0 Å². The first-order valence-electron chi connectivity index (χ1n) is 6.56. The highest BCUT2D eigenvalue weighted by atomic mass is 16.2. The van der Waals surface area contributed by atoms with Crippen LogP contribution in [0, 0.1) is 11.8 Å². The van der Waals surface area contributed by atoms with Crippen molar-refractivity contribution in [2.45, 2.75) is 39.2 Å². The quantitative estimate of drug-likeness (QED) is 0.711. The average molecular weight is 224 g/mol. The number of piperidine rings is 1. The van der Waals surface area contributed by atoms with Crippen molar-refractivity contribution in [3.8, 4) is 0 Å². The van der Waals surface area contributed by atoms with Gasteiger partial charge in [0.05, 0.1) is 0 Å². The van der Waals surface area contributed by atoms with Crippen molar-refractivity contribution in [2.75, 3.05) is 26.7 Å². The van der Waals surface area contributed by atoms with Crippen molar-refractivity contribution in [1.82, 2.24) is 9.80 Å². The molecule has 0 aromatic heterocycles. The Morgan fingerprint density at radius 2 is 1.88 bits per heavy atom. The second-order valence-electron chi connectivity index (χ2n) is 5.79. The number of hydrogen-bond donors (Lipinski definition) is 0. The number of hydrogen-bond acceptors (Lipinski definition) is 2. The van der Waals surface area contributed by atoms with Gasteiger partial charge < -0.3 is 9.80 Å². The summed E-state index contributed by atoms with van der Waals surface area (Å²) in [6.07, 6.45) is 3.10. The standard InChI is InChI=1S/C13H24N2O/c1-10(2)11-8-13(16)15(9-11)12-4-6-14(3)7-5-12/h10-12H,4-9H2,1-3H3. The van der Waals surface area contributed by atoms with Gasteiger partial charge in [0.2, 0.25) is 5.91 Å².